The molecule has 1 aromatic carbocycles. The Bertz CT molecular complexity index is 625. The zero-order chi connectivity index (χ0) is 15.9. The van der Waals surface area contributed by atoms with Gasteiger partial charge in [0.15, 0.2) is 0 Å². The van der Waals surface area contributed by atoms with Gasteiger partial charge in [-0.25, -0.2) is 9.97 Å². The Morgan fingerprint density at radius 2 is 1.91 bits per heavy atom. The quantitative estimate of drug-likeness (QED) is 0.888. The van der Waals surface area contributed by atoms with Crippen LogP contribution in [0.15, 0.2) is 36.7 Å². The highest BCUT2D eigenvalue weighted by molar-refractivity contribution is 5.93. The van der Waals surface area contributed by atoms with Crippen molar-refractivity contribution in [3.8, 4) is 0 Å². The number of nitrogens with one attached hydrogen (secondary N) is 1. The maximum absolute atomic E-state index is 12.2. The van der Waals surface area contributed by atoms with Crippen molar-refractivity contribution in [3.63, 3.8) is 0 Å². The van der Waals surface area contributed by atoms with E-state index in [-0.39, 0.29) is 5.91 Å². The molecule has 22 heavy (non-hydrogen) atoms. The second-order valence-corrected chi connectivity index (χ2v) is 5.32. The van der Waals surface area contributed by atoms with Gasteiger partial charge in [-0.3, -0.25) is 4.79 Å². The number of hydrogen-bond donors (Lipinski definition) is 1. The molecule has 5 heteroatoms. The fraction of sp³-hybridized carbons (Fsp3) is 0.353. The number of unbranched alkanes of at least 4 members (excludes halogenated alkanes) is 1. The monoisotopic (exact) mass is 298 g/mol. The number of carbonyl (C=O) groups excluding carboxylic acids is 1. The lowest BCUT2D eigenvalue weighted by Gasteiger charge is -2.16. The van der Waals surface area contributed by atoms with Crippen molar-refractivity contribution in [1.29, 1.82) is 0 Å². The number of aryl methyl sites for hydroxylation is 1. The van der Waals surface area contributed by atoms with Crippen molar-refractivity contribution in [2.75, 3.05) is 18.9 Å². The molecule has 0 aliphatic carbocycles. The van der Waals surface area contributed by atoms with Gasteiger partial charge in [-0.15, -0.1) is 0 Å². The predicted octanol–water partition coefficient (Wildman–Crippen LogP) is 3.40. The number of benzene rings is 1. The highest BCUT2D eigenvalue weighted by Gasteiger charge is 2.12. The summed E-state index contributed by atoms with van der Waals surface area (Å²) in [6, 6.07) is 7.92. The van der Waals surface area contributed by atoms with Crippen LogP contribution in [0.4, 0.5) is 11.6 Å². The van der Waals surface area contributed by atoms with E-state index < -0.39 is 0 Å². The molecule has 0 unspecified atom stereocenters. The molecule has 0 spiro atoms. The summed E-state index contributed by atoms with van der Waals surface area (Å²) in [5.74, 6) is 0.443. The minimum Gasteiger partial charge on any atom is -0.342 e. The van der Waals surface area contributed by atoms with Crippen LogP contribution in [-0.4, -0.2) is 34.4 Å². The van der Waals surface area contributed by atoms with Gasteiger partial charge in [-0.05, 0) is 25.0 Å². The Kier molecular flexibility index (Phi) is 5.47. The van der Waals surface area contributed by atoms with Crippen molar-refractivity contribution in [3.05, 3.63) is 47.8 Å². The van der Waals surface area contributed by atoms with E-state index in [1.54, 1.807) is 24.3 Å². The van der Waals surface area contributed by atoms with Crippen molar-refractivity contribution in [2.24, 2.45) is 0 Å². The van der Waals surface area contributed by atoms with Gasteiger partial charge in [0.25, 0.3) is 5.91 Å². The first-order valence-corrected chi connectivity index (χ1v) is 7.52. The van der Waals surface area contributed by atoms with E-state index in [2.05, 4.69) is 22.2 Å². The lowest BCUT2D eigenvalue weighted by atomic mass is 10.2. The first kappa shape index (κ1) is 15.9. The third kappa shape index (κ3) is 4.04. The van der Waals surface area contributed by atoms with Crippen LogP contribution < -0.4 is 5.32 Å². The first-order chi connectivity index (χ1) is 10.6. The van der Waals surface area contributed by atoms with Crippen LogP contribution in [0.3, 0.4) is 0 Å². The van der Waals surface area contributed by atoms with E-state index in [9.17, 15) is 4.79 Å². The number of rotatable bonds is 6. The standard InChI is InChI=1S/C17H22N4O/c1-4-5-10-21(3)16(22)14-11-18-17(19-12-14)20-15-9-7-6-8-13(15)2/h6-9,11-12H,4-5,10H2,1-3H3,(H,18,19,20). The Hall–Kier alpha value is -2.43. The Balaban J connectivity index is 2.04. The van der Waals surface area contributed by atoms with Crippen molar-refractivity contribution < 1.29 is 4.79 Å². The minimum atomic E-state index is -0.0455. The van der Waals surface area contributed by atoms with Gasteiger partial charge < -0.3 is 10.2 Å². The number of para-hydroxylation sites is 1. The number of carbonyl (C=O) groups is 1. The van der Waals surface area contributed by atoms with Gasteiger partial charge in [-0.2, -0.15) is 0 Å². The van der Waals surface area contributed by atoms with Gasteiger partial charge in [0.05, 0.1) is 5.56 Å². The van der Waals surface area contributed by atoms with E-state index in [1.807, 2.05) is 31.2 Å². The van der Waals surface area contributed by atoms with Crippen molar-refractivity contribution >= 4 is 17.5 Å². The summed E-state index contributed by atoms with van der Waals surface area (Å²) < 4.78 is 0. The molecule has 0 bridgehead atoms. The second-order valence-electron chi connectivity index (χ2n) is 5.32. The molecule has 0 radical (unpaired) electrons. The molecule has 0 atom stereocenters. The van der Waals surface area contributed by atoms with Gasteiger partial charge in [0, 0.05) is 31.7 Å². The summed E-state index contributed by atoms with van der Waals surface area (Å²) in [5.41, 5.74) is 2.58. The fourth-order valence-electron chi connectivity index (χ4n) is 2.05. The van der Waals surface area contributed by atoms with E-state index in [4.69, 9.17) is 0 Å². The molecule has 0 fully saturated rings. The zero-order valence-electron chi connectivity index (χ0n) is 13.3. The highest BCUT2D eigenvalue weighted by Crippen LogP contribution is 2.17. The molecule has 0 saturated carbocycles. The molecule has 116 valence electrons. The highest BCUT2D eigenvalue weighted by atomic mass is 16.2. The molecule has 1 N–H and O–H groups in total. The zero-order valence-corrected chi connectivity index (χ0v) is 13.3. The first-order valence-electron chi connectivity index (χ1n) is 7.52. The van der Waals surface area contributed by atoms with Crippen LogP contribution in [0.25, 0.3) is 0 Å². The van der Waals surface area contributed by atoms with Crippen molar-refractivity contribution in [1.82, 2.24) is 14.9 Å². The summed E-state index contributed by atoms with van der Waals surface area (Å²) in [6.45, 7) is 4.87. The largest absolute Gasteiger partial charge is 0.342 e. The van der Waals surface area contributed by atoms with Crippen LogP contribution in [0.5, 0.6) is 0 Å². The molecule has 1 heterocycles. The molecule has 2 rings (SSSR count). The lowest BCUT2D eigenvalue weighted by molar-refractivity contribution is 0.0792. The van der Waals surface area contributed by atoms with Crippen LogP contribution >= 0.6 is 0 Å². The number of nitrogens with zero attached hydrogens (tertiary/aromatic N) is 3. The molecule has 0 saturated heterocycles. The van der Waals surface area contributed by atoms with E-state index in [0.29, 0.717) is 11.5 Å². The molecule has 1 aromatic heterocycles. The van der Waals surface area contributed by atoms with E-state index in [0.717, 1.165) is 30.6 Å². The maximum atomic E-state index is 12.2. The van der Waals surface area contributed by atoms with Crippen LogP contribution in [0, 0.1) is 6.92 Å². The molecule has 0 aliphatic heterocycles. The SMILES string of the molecule is CCCCN(C)C(=O)c1cnc(Nc2ccccc2C)nc1. The normalized spacial score (nSPS) is 10.3. The third-order valence-electron chi connectivity index (χ3n) is 3.48. The summed E-state index contributed by atoms with van der Waals surface area (Å²) >= 11 is 0. The summed E-state index contributed by atoms with van der Waals surface area (Å²) in [6.07, 6.45) is 5.19. The molecule has 5 nitrogen and oxygen atoms in total. The molecule has 1 amide bonds. The average molecular weight is 298 g/mol. The molecular weight excluding hydrogens is 276 g/mol. The maximum Gasteiger partial charge on any atom is 0.256 e. The minimum absolute atomic E-state index is 0.0455. The summed E-state index contributed by atoms with van der Waals surface area (Å²) in [7, 11) is 1.80. The predicted molar refractivity (Wildman–Crippen MR) is 88.4 cm³/mol. The molecular formula is C17H22N4O. The number of aromatic nitrogens is 2. The Labute approximate surface area is 131 Å². The smallest absolute Gasteiger partial charge is 0.256 e. The number of amides is 1. The summed E-state index contributed by atoms with van der Waals surface area (Å²) in [4.78, 5) is 22.4. The number of hydrogen-bond acceptors (Lipinski definition) is 4. The van der Waals surface area contributed by atoms with Gasteiger partial charge in [0.1, 0.15) is 0 Å². The van der Waals surface area contributed by atoms with Crippen molar-refractivity contribution in [2.45, 2.75) is 26.7 Å². The van der Waals surface area contributed by atoms with Crippen LogP contribution in [0.1, 0.15) is 35.7 Å². The fourth-order valence-corrected chi connectivity index (χ4v) is 2.05. The second kappa shape index (κ2) is 7.54. The van der Waals surface area contributed by atoms with Crippen LogP contribution in [-0.2, 0) is 0 Å². The molecule has 2 aromatic rings. The Morgan fingerprint density at radius 3 is 2.55 bits per heavy atom. The topological polar surface area (TPSA) is 58.1 Å². The third-order valence-corrected chi connectivity index (χ3v) is 3.48. The van der Waals surface area contributed by atoms with Gasteiger partial charge in [-0.1, -0.05) is 31.5 Å². The number of anilines is 2. The van der Waals surface area contributed by atoms with E-state index >= 15 is 0 Å². The van der Waals surface area contributed by atoms with E-state index in [1.165, 1.54) is 0 Å². The molecule has 0 aliphatic rings. The van der Waals surface area contributed by atoms with Crippen LogP contribution in [0.2, 0.25) is 0 Å². The summed E-state index contributed by atoms with van der Waals surface area (Å²) in [5, 5.41) is 3.15. The van der Waals surface area contributed by atoms with Gasteiger partial charge in [0.2, 0.25) is 5.95 Å². The Morgan fingerprint density at radius 1 is 1.23 bits per heavy atom. The average Bonchev–Trinajstić information content (AvgIpc) is 2.55. The lowest BCUT2D eigenvalue weighted by Crippen LogP contribution is -2.27. The van der Waals surface area contributed by atoms with Gasteiger partial charge >= 0.3 is 0 Å².